The molecule has 1 aromatic rings. The van der Waals surface area contributed by atoms with Gasteiger partial charge in [-0.15, -0.1) is 0 Å². The summed E-state index contributed by atoms with van der Waals surface area (Å²) in [6, 6.07) is 4.75. The zero-order chi connectivity index (χ0) is 15.9. The second kappa shape index (κ2) is 7.84. The molecule has 21 heavy (non-hydrogen) atoms. The fourth-order valence-electron chi connectivity index (χ4n) is 1.62. The van der Waals surface area contributed by atoms with Crippen LogP contribution in [0.15, 0.2) is 18.2 Å². The Morgan fingerprint density at radius 3 is 2.52 bits per heavy atom. The summed E-state index contributed by atoms with van der Waals surface area (Å²) >= 11 is 0. The third-order valence-electron chi connectivity index (χ3n) is 2.67. The van der Waals surface area contributed by atoms with Gasteiger partial charge in [0.25, 0.3) is 0 Å². The van der Waals surface area contributed by atoms with Crippen molar-refractivity contribution in [3.63, 3.8) is 0 Å². The fraction of sp³-hybridized carbons (Fsp3) is 0.462. The maximum atomic E-state index is 11.6. The van der Waals surface area contributed by atoms with Crippen molar-refractivity contribution in [3.05, 3.63) is 23.8 Å². The van der Waals surface area contributed by atoms with Crippen LogP contribution in [-0.4, -0.2) is 41.0 Å². The van der Waals surface area contributed by atoms with E-state index in [-0.39, 0.29) is 17.9 Å². The lowest BCUT2D eigenvalue weighted by Gasteiger charge is -2.11. The second-order valence-corrected chi connectivity index (χ2v) is 6.01. The number of esters is 1. The van der Waals surface area contributed by atoms with E-state index in [0.29, 0.717) is 24.3 Å². The smallest absolute Gasteiger partial charge is 0.341 e. The Bertz CT molecular complexity index is 584. The highest BCUT2D eigenvalue weighted by molar-refractivity contribution is 7.89. The number of rotatable bonds is 8. The number of hydrogen-bond donors (Lipinski definition) is 1. The lowest BCUT2D eigenvalue weighted by molar-refractivity contribution is 0.0596. The highest BCUT2D eigenvalue weighted by atomic mass is 32.2. The van der Waals surface area contributed by atoms with E-state index in [1.807, 2.05) is 0 Å². The number of unbranched alkanes of at least 4 members (excludes halogenated alkanes) is 1. The molecule has 118 valence electrons. The molecule has 8 heteroatoms. The molecule has 7 nitrogen and oxygen atoms in total. The molecule has 2 N–H and O–H groups in total. The first-order valence-electron chi connectivity index (χ1n) is 6.27. The van der Waals surface area contributed by atoms with Crippen LogP contribution in [-0.2, 0) is 14.8 Å². The van der Waals surface area contributed by atoms with Gasteiger partial charge in [0.2, 0.25) is 10.0 Å². The monoisotopic (exact) mass is 317 g/mol. The van der Waals surface area contributed by atoms with Gasteiger partial charge < -0.3 is 14.2 Å². The molecule has 0 atom stereocenters. The van der Waals surface area contributed by atoms with Crippen LogP contribution in [0.3, 0.4) is 0 Å². The van der Waals surface area contributed by atoms with E-state index in [0.717, 1.165) is 0 Å². The van der Waals surface area contributed by atoms with Gasteiger partial charge in [0, 0.05) is 6.07 Å². The molecule has 0 heterocycles. The van der Waals surface area contributed by atoms with Gasteiger partial charge in [-0.2, -0.15) is 0 Å². The molecule has 0 aromatic heterocycles. The van der Waals surface area contributed by atoms with Crippen LogP contribution in [0.1, 0.15) is 23.2 Å². The summed E-state index contributed by atoms with van der Waals surface area (Å²) in [5.74, 6) is 0.259. The maximum Gasteiger partial charge on any atom is 0.341 e. The van der Waals surface area contributed by atoms with Crippen molar-refractivity contribution in [1.82, 2.24) is 0 Å². The minimum Gasteiger partial charge on any atom is -0.497 e. The summed E-state index contributed by atoms with van der Waals surface area (Å²) in [7, 11) is -0.672. The number of methoxy groups -OCH3 is 2. The summed E-state index contributed by atoms with van der Waals surface area (Å²) in [6.07, 6.45) is 0.880. The van der Waals surface area contributed by atoms with Gasteiger partial charge in [-0.3, -0.25) is 0 Å². The third-order valence-corrected chi connectivity index (χ3v) is 3.53. The summed E-state index contributed by atoms with van der Waals surface area (Å²) in [5.41, 5.74) is 0.282. The number of benzene rings is 1. The van der Waals surface area contributed by atoms with Crippen LogP contribution in [0, 0.1) is 0 Å². The average Bonchev–Trinajstić information content (AvgIpc) is 2.44. The van der Waals surface area contributed by atoms with E-state index in [1.54, 1.807) is 18.2 Å². The molecule has 0 saturated heterocycles. The SMILES string of the molecule is COC(=O)c1ccc(OC)cc1OCCCCS(N)(=O)=O. The van der Waals surface area contributed by atoms with Crippen LogP contribution in [0.2, 0.25) is 0 Å². The molecule has 0 saturated carbocycles. The molecular weight excluding hydrogens is 298 g/mol. The summed E-state index contributed by atoms with van der Waals surface area (Å²) < 4.78 is 36.8. The van der Waals surface area contributed by atoms with E-state index in [2.05, 4.69) is 4.74 Å². The molecule has 0 unspecified atom stereocenters. The van der Waals surface area contributed by atoms with Crippen molar-refractivity contribution < 1.29 is 27.4 Å². The van der Waals surface area contributed by atoms with E-state index in [9.17, 15) is 13.2 Å². The number of carbonyl (C=O) groups is 1. The Balaban J connectivity index is 2.65. The van der Waals surface area contributed by atoms with E-state index in [4.69, 9.17) is 14.6 Å². The van der Waals surface area contributed by atoms with Crippen molar-refractivity contribution in [2.75, 3.05) is 26.6 Å². The number of sulfonamides is 1. The van der Waals surface area contributed by atoms with Crippen LogP contribution < -0.4 is 14.6 Å². The third kappa shape index (κ3) is 6.01. The Morgan fingerprint density at radius 2 is 1.95 bits per heavy atom. The van der Waals surface area contributed by atoms with Crippen LogP contribution in [0.4, 0.5) is 0 Å². The highest BCUT2D eigenvalue weighted by Gasteiger charge is 2.14. The largest absolute Gasteiger partial charge is 0.497 e. The minimum atomic E-state index is -3.46. The molecule has 0 radical (unpaired) electrons. The molecule has 0 spiro atoms. The van der Waals surface area contributed by atoms with Crippen molar-refractivity contribution in [3.8, 4) is 11.5 Å². The van der Waals surface area contributed by atoms with Crippen molar-refractivity contribution in [2.45, 2.75) is 12.8 Å². The fourth-order valence-corrected chi connectivity index (χ4v) is 2.22. The Hall–Kier alpha value is -1.80. The van der Waals surface area contributed by atoms with E-state index >= 15 is 0 Å². The zero-order valence-electron chi connectivity index (χ0n) is 12.0. The number of primary sulfonamides is 1. The van der Waals surface area contributed by atoms with E-state index < -0.39 is 16.0 Å². The lowest BCUT2D eigenvalue weighted by atomic mass is 10.2. The number of hydrogen-bond acceptors (Lipinski definition) is 6. The van der Waals surface area contributed by atoms with Gasteiger partial charge in [-0.1, -0.05) is 0 Å². The van der Waals surface area contributed by atoms with Gasteiger partial charge in [0.05, 0.1) is 26.6 Å². The maximum absolute atomic E-state index is 11.6. The molecule has 1 rings (SSSR count). The summed E-state index contributed by atoms with van der Waals surface area (Å²) in [5, 5.41) is 4.90. The van der Waals surface area contributed by atoms with E-state index in [1.165, 1.54) is 14.2 Å². The molecule has 0 aliphatic heterocycles. The Kier molecular flexibility index (Phi) is 6.44. The zero-order valence-corrected chi connectivity index (χ0v) is 12.8. The number of carbonyl (C=O) groups excluding carboxylic acids is 1. The van der Waals surface area contributed by atoms with Gasteiger partial charge in [0.1, 0.15) is 17.1 Å². The second-order valence-electron chi connectivity index (χ2n) is 4.28. The van der Waals surface area contributed by atoms with Gasteiger partial charge in [-0.05, 0) is 25.0 Å². The predicted molar refractivity (Wildman–Crippen MR) is 77.0 cm³/mol. The average molecular weight is 317 g/mol. The first-order chi connectivity index (χ1) is 9.87. The van der Waals surface area contributed by atoms with Crippen molar-refractivity contribution >= 4 is 16.0 Å². The van der Waals surface area contributed by atoms with Crippen molar-refractivity contribution in [2.24, 2.45) is 5.14 Å². The molecule has 0 fully saturated rings. The summed E-state index contributed by atoms with van der Waals surface area (Å²) in [4.78, 5) is 11.6. The molecule has 0 aliphatic rings. The topological polar surface area (TPSA) is 105 Å². The normalized spacial score (nSPS) is 11.0. The minimum absolute atomic E-state index is 0.0989. The molecule has 1 aromatic carbocycles. The molecule has 0 bridgehead atoms. The van der Waals surface area contributed by atoms with Crippen LogP contribution >= 0.6 is 0 Å². The van der Waals surface area contributed by atoms with Crippen LogP contribution in [0.5, 0.6) is 11.5 Å². The molecule has 0 aliphatic carbocycles. The number of nitrogens with two attached hydrogens (primary N) is 1. The predicted octanol–water partition coefficient (Wildman–Crippen LogP) is 0.929. The molecule has 0 amide bonds. The van der Waals surface area contributed by atoms with Gasteiger partial charge in [0.15, 0.2) is 0 Å². The Labute approximate surface area is 124 Å². The lowest BCUT2D eigenvalue weighted by Crippen LogP contribution is -2.17. The highest BCUT2D eigenvalue weighted by Crippen LogP contribution is 2.25. The van der Waals surface area contributed by atoms with Gasteiger partial charge in [-0.25, -0.2) is 18.4 Å². The quantitative estimate of drug-likeness (QED) is 0.565. The standard InChI is InChI=1S/C13H19NO6S/c1-18-10-5-6-11(13(15)19-2)12(9-10)20-7-3-4-8-21(14,16)17/h5-6,9H,3-4,7-8H2,1-2H3,(H2,14,16,17). The molecular formula is C13H19NO6S. The first kappa shape index (κ1) is 17.3. The summed E-state index contributed by atoms with van der Waals surface area (Å²) in [6.45, 7) is 0.257. The van der Waals surface area contributed by atoms with Crippen LogP contribution in [0.25, 0.3) is 0 Å². The Morgan fingerprint density at radius 1 is 1.24 bits per heavy atom. The van der Waals surface area contributed by atoms with Gasteiger partial charge >= 0.3 is 5.97 Å². The number of ether oxygens (including phenoxy) is 3. The first-order valence-corrected chi connectivity index (χ1v) is 7.98. The van der Waals surface area contributed by atoms with Crippen molar-refractivity contribution in [1.29, 1.82) is 0 Å².